The Labute approximate surface area is 143 Å². The number of alkyl halides is 3. The first kappa shape index (κ1) is 17.1. The molecule has 25 heavy (non-hydrogen) atoms. The number of hydrogen-bond donors (Lipinski definition) is 1. The van der Waals surface area contributed by atoms with Crippen molar-refractivity contribution in [3.8, 4) is 5.75 Å². The number of hydrogen-bond acceptors (Lipinski definition) is 5. The Morgan fingerprint density at radius 2 is 2.00 bits per heavy atom. The summed E-state index contributed by atoms with van der Waals surface area (Å²) in [5, 5.41) is 3.00. The Bertz CT molecular complexity index is 759. The van der Waals surface area contributed by atoms with E-state index in [0.717, 1.165) is 30.9 Å². The molecule has 0 bridgehead atoms. The van der Waals surface area contributed by atoms with E-state index in [0.29, 0.717) is 11.6 Å². The third-order valence-corrected chi connectivity index (χ3v) is 3.56. The fourth-order valence-corrected chi connectivity index (χ4v) is 2.54. The molecule has 0 fully saturated rings. The predicted molar refractivity (Wildman–Crippen MR) is 90.0 cm³/mol. The largest absolute Gasteiger partial charge is 0.573 e. The Balaban J connectivity index is 1.75. The minimum atomic E-state index is -4.70. The highest BCUT2D eigenvalue weighted by Crippen LogP contribution is 2.27. The van der Waals surface area contributed by atoms with Crippen LogP contribution in [-0.4, -0.2) is 29.4 Å². The van der Waals surface area contributed by atoms with E-state index in [9.17, 15) is 13.2 Å². The van der Waals surface area contributed by atoms with Crippen LogP contribution in [-0.2, 0) is 0 Å². The van der Waals surface area contributed by atoms with E-state index in [-0.39, 0.29) is 5.75 Å². The van der Waals surface area contributed by atoms with Crippen LogP contribution in [0.5, 0.6) is 5.75 Å². The number of rotatable bonds is 5. The molecule has 0 saturated heterocycles. The molecule has 3 rings (SSSR count). The van der Waals surface area contributed by atoms with Crippen molar-refractivity contribution < 1.29 is 17.9 Å². The van der Waals surface area contributed by atoms with Gasteiger partial charge >= 0.3 is 6.36 Å². The number of fused-ring (bicyclic) bond motifs is 1. The van der Waals surface area contributed by atoms with Crippen molar-refractivity contribution >= 4 is 23.5 Å². The summed E-state index contributed by atoms with van der Waals surface area (Å²) in [6.07, 6.45) is 2.07. The minimum absolute atomic E-state index is 0.274. The number of nitrogens with zero attached hydrogens (tertiary/aromatic N) is 3. The molecule has 2 heterocycles. The van der Waals surface area contributed by atoms with Gasteiger partial charge in [0.15, 0.2) is 0 Å². The lowest BCUT2D eigenvalue weighted by Crippen LogP contribution is -2.28. The van der Waals surface area contributed by atoms with Gasteiger partial charge in [-0.2, -0.15) is 4.98 Å². The highest BCUT2D eigenvalue weighted by molar-refractivity contribution is 5.69. The first-order valence-corrected chi connectivity index (χ1v) is 7.86. The van der Waals surface area contributed by atoms with Crippen molar-refractivity contribution in [3.63, 3.8) is 0 Å². The minimum Gasteiger partial charge on any atom is -0.406 e. The van der Waals surface area contributed by atoms with Crippen molar-refractivity contribution in [3.05, 3.63) is 42.1 Å². The molecule has 1 N–H and O–H groups in total. The van der Waals surface area contributed by atoms with Crippen LogP contribution in [0.15, 0.2) is 36.5 Å². The standard InChI is InChI=1S/C17H17F3N4O/c1-2-9-24-10-3-4-12-11-21-16(23-15(12)24)22-13-5-7-14(8-6-13)25-17(18,19)20/h3-8,11H,2,9-10H2,1H3,(H,21,22,23). The van der Waals surface area contributed by atoms with Crippen LogP contribution in [0.3, 0.4) is 0 Å². The van der Waals surface area contributed by atoms with Crippen molar-refractivity contribution in [2.75, 3.05) is 23.3 Å². The van der Waals surface area contributed by atoms with E-state index in [2.05, 4.69) is 37.9 Å². The second-order valence-corrected chi connectivity index (χ2v) is 5.52. The highest BCUT2D eigenvalue weighted by Gasteiger charge is 2.30. The average molecular weight is 350 g/mol. The summed E-state index contributed by atoms with van der Waals surface area (Å²) >= 11 is 0. The molecule has 2 aromatic rings. The second kappa shape index (κ2) is 7.00. The molecule has 8 heteroatoms. The van der Waals surface area contributed by atoms with E-state index in [1.807, 2.05) is 6.08 Å². The number of aromatic nitrogens is 2. The van der Waals surface area contributed by atoms with Gasteiger partial charge in [0.1, 0.15) is 11.6 Å². The number of nitrogens with one attached hydrogen (secondary N) is 1. The van der Waals surface area contributed by atoms with Crippen molar-refractivity contribution in [2.24, 2.45) is 0 Å². The van der Waals surface area contributed by atoms with E-state index >= 15 is 0 Å². The molecule has 1 aromatic carbocycles. The van der Waals surface area contributed by atoms with Crippen LogP contribution in [0.1, 0.15) is 18.9 Å². The number of benzene rings is 1. The highest BCUT2D eigenvalue weighted by atomic mass is 19.4. The molecule has 0 unspecified atom stereocenters. The number of halogens is 3. The van der Waals surface area contributed by atoms with Gasteiger partial charge in [0, 0.05) is 30.5 Å². The lowest BCUT2D eigenvalue weighted by Gasteiger charge is -2.26. The summed E-state index contributed by atoms with van der Waals surface area (Å²) in [5.74, 6) is 0.960. The maximum absolute atomic E-state index is 12.2. The van der Waals surface area contributed by atoms with Gasteiger partial charge < -0.3 is 15.0 Å². The SMILES string of the molecule is CCCN1CC=Cc2cnc(Nc3ccc(OC(F)(F)F)cc3)nc21. The van der Waals surface area contributed by atoms with E-state index in [4.69, 9.17) is 0 Å². The van der Waals surface area contributed by atoms with Crippen molar-refractivity contribution in [1.82, 2.24) is 9.97 Å². The van der Waals surface area contributed by atoms with Crippen LogP contribution in [0, 0.1) is 0 Å². The molecule has 0 saturated carbocycles. The molecule has 0 radical (unpaired) electrons. The molecule has 132 valence electrons. The molecule has 1 aliphatic rings. The van der Waals surface area contributed by atoms with Gasteiger partial charge in [-0.25, -0.2) is 4.98 Å². The molecular formula is C17H17F3N4O. The molecule has 1 aliphatic heterocycles. The fraction of sp³-hybridized carbons (Fsp3) is 0.294. The van der Waals surface area contributed by atoms with Crippen LogP contribution in [0.4, 0.5) is 30.6 Å². The topological polar surface area (TPSA) is 50.3 Å². The molecule has 0 spiro atoms. The number of ether oxygens (including phenoxy) is 1. The van der Waals surface area contributed by atoms with Crippen molar-refractivity contribution in [2.45, 2.75) is 19.7 Å². The summed E-state index contributed by atoms with van der Waals surface area (Å²) in [6.45, 7) is 3.78. The van der Waals surface area contributed by atoms with Gasteiger partial charge in [-0.05, 0) is 30.7 Å². The number of anilines is 3. The summed E-state index contributed by atoms with van der Waals surface area (Å²) < 4.78 is 40.4. The zero-order chi connectivity index (χ0) is 17.9. The molecular weight excluding hydrogens is 333 g/mol. The van der Waals surface area contributed by atoms with Crippen LogP contribution in [0.25, 0.3) is 6.08 Å². The second-order valence-electron chi connectivity index (χ2n) is 5.52. The van der Waals surface area contributed by atoms with Crippen LogP contribution >= 0.6 is 0 Å². The Kier molecular flexibility index (Phi) is 4.78. The summed E-state index contributed by atoms with van der Waals surface area (Å²) in [4.78, 5) is 10.9. The van der Waals surface area contributed by atoms with E-state index < -0.39 is 6.36 Å². The summed E-state index contributed by atoms with van der Waals surface area (Å²) in [6, 6.07) is 5.43. The summed E-state index contributed by atoms with van der Waals surface area (Å²) in [7, 11) is 0. The predicted octanol–water partition coefficient (Wildman–Crippen LogP) is 4.36. The molecule has 0 aliphatic carbocycles. The van der Waals surface area contributed by atoms with Gasteiger partial charge in [-0.1, -0.05) is 19.1 Å². The Morgan fingerprint density at radius 3 is 2.68 bits per heavy atom. The fourth-order valence-electron chi connectivity index (χ4n) is 2.54. The third-order valence-electron chi connectivity index (χ3n) is 3.56. The average Bonchev–Trinajstić information content (AvgIpc) is 2.56. The lowest BCUT2D eigenvalue weighted by atomic mass is 10.2. The zero-order valence-electron chi connectivity index (χ0n) is 13.5. The summed E-state index contributed by atoms with van der Waals surface area (Å²) in [5.41, 5.74) is 1.52. The zero-order valence-corrected chi connectivity index (χ0v) is 13.5. The van der Waals surface area contributed by atoms with Gasteiger partial charge in [0.25, 0.3) is 0 Å². The lowest BCUT2D eigenvalue weighted by molar-refractivity contribution is -0.274. The quantitative estimate of drug-likeness (QED) is 0.868. The van der Waals surface area contributed by atoms with E-state index in [1.54, 1.807) is 6.20 Å². The Hall–Kier alpha value is -2.77. The maximum atomic E-state index is 12.2. The maximum Gasteiger partial charge on any atom is 0.573 e. The Morgan fingerprint density at radius 1 is 1.24 bits per heavy atom. The van der Waals surface area contributed by atoms with Gasteiger partial charge in [0.2, 0.25) is 5.95 Å². The van der Waals surface area contributed by atoms with E-state index in [1.165, 1.54) is 24.3 Å². The van der Waals surface area contributed by atoms with Crippen LogP contribution < -0.4 is 15.0 Å². The van der Waals surface area contributed by atoms with Gasteiger partial charge in [-0.3, -0.25) is 0 Å². The van der Waals surface area contributed by atoms with Crippen LogP contribution in [0.2, 0.25) is 0 Å². The van der Waals surface area contributed by atoms with Gasteiger partial charge in [0.05, 0.1) is 0 Å². The molecule has 0 atom stereocenters. The first-order valence-electron chi connectivity index (χ1n) is 7.86. The molecule has 5 nitrogen and oxygen atoms in total. The first-order chi connectivity index (χ1) is 11.9. The monoisotopic (exact) mass is 350 g/mol. The van der Waals surface area contributed by atoms with Gasteiger partial charge in [-0.15, -0.1) is 13.2 Å². The smallest absolute Gasteiger partial charge is 0.406 e. The van der Waals surface area contributed by atoms with Crippen molar-refractivity contribution in [1.29, 1.82) is 0 Å². The molecule has 1 aromatic heterocycles. The normalized spacial score (nSPS) is 13.5. The third kappa shape index (κ3) is 4.40. The molecule has 0 amide bonds.